The molecule has 0 atom stereocenters. The van der Waals surface area contributed by atoms with E-state index in [2.05, 4.69) is 11.4 Å². The molecule has 0 fully saturated rings. The third-order valence-electron chi connectivity index (χ3n) is 2.99. The minimum atomic E-state index is -0.118. The van der Waals surface area contributed by atoms with Crippen molar-refractivity contribution >= 4 is 17.3 Å². The van der Waals surface area contributed by atoms with Crippen LogP contribution in [-0.2, 0) is 11.2 Å². The highest BCUT2D eigenvalue weighted by molar-refractivity contribution is 5.93. The van der Waals surface area contributed by atoms with E-state index >= 15 is 0 Å². The molecule has 2 aromatic rings. The molecule has 0 heterocycles. The standard InChI is InChI=1S/C16H15N3O/c1-11-2-3-13(10-17)8-15(11)19-16(20)9-12-4-6-14(18)7-5-12/h2-8H,9,18H2,1H3,(H,19,20). The van der Waals surface area contributed by atoms with E-state index in [4.69, 9.17) is 11.0 Å². The molecule has 0 aliphatic rings. The summed E-state index contributed by atoms with van der Waals surface area (Å²) in [6, 6.07) is 14.5. The number of nitrogens with zero attached hydrogens (tertiary/aromatic N) is 1. The maximum absolute atomic E-state index is 12.0. The highest BCUT2D eigenvalue weighted by atomic mass is 16.1. The van der Waals surface area contributed by atoms with Crippen LogP contribution < -0.4 is 11.1 Å². The lowest BCUT2D eigenvalue weighted by molar-refractivity contribution is -0.115. The SMILES string of the molecule is Cc1ccc(C#N)cc1NC(=O)Cc1ccc(N)cc1. The van der Waals surface area contributed by atoms with E-state index in [-0.39, 0.29) is 12.3 Å². The number of nitriles is 1. The number of carbonyl (C=O) groups excluding carboxylic acids is 1. The number of aryl methyl sites for hydroxylation is 1. The van der Waals surface area contributed by atoms with E-state index in [1.54, 1.807) is 24.3 Å². The molecule has 0 spiro atoms. The first-order chi connectivity index (χ1) is 9.58. The van der Waals surface area contributed by atoms with Gasteiger partial charge in [0.1, 0.15) is 0 Å². The van der Waals surface area contributed by atoms with Gasteiger partial charge in [-0.25, -0.2) is 0 Å². The molecule has 1 amide bonds. The fraction of sp³-hybridized carbons (Fsp3) is 0.125. The van der Waals surface area contributed by atoms with Gasteiger partial charge in [-0.1, -0.05) is 18.2 Å². The molecule has 0 unspecified atom stereocenters. The zero-order valence-electron chi connectivity index (χ0n) is 11.2. The predicted octanol–water partition coefficient (Wildman–Crippen LogP) is 2.63. The average Bonchev–Trinajstić information content (AvgIpc) is 2.44. The summed E-state index contributed by atoms with van der Waals surface area (Å²) in [5.74, 6) is -0.118. The average molecular weight is 265 g/mol. The third kappa shape index (κ3) is 3.36. The Hall–Kier alpha value is -2.80. The fourth-order valence-electron chi connectivity index (χ4n) is 1.84. The molecule has 0 radical (unpaired) electrons. The van der Waals surface area contributed by atoms with E-state index in [1.807, 2.05) is 25.1 Å². The van der Waals surface area contributed by atoms with Gasteiger partial charge >= 0.3 is 0 Å². The van der Waals surface area contributed by atoms with Gasteiger partial charge in [0.2, 0.25) is 5.91 Å². The van der Waals surface area contributed by atoms with Gasteiger partial charge in [0.05, 0.1) is 18.1 Å². The normalized spacial score (nSPS) is 9.80. The molecule has 0 saturated heterocycles. The third-order valence-corrected chi connectivity index (χ3v) is 2.99. The van der Waals surface area contributed by atoms with Crippen LogP contribution >= 0.6 is 0 Å². The van der Waals surface area contributed by atoms with E-state index in [0.717, 1.165) is 11.1 Å². The molecule has 2 aromatic carbocycles. The molecular formula is C16H15N3O. The number of nitrogens with two attached hydrogens (primary N) is 1. The molecule has 20 heavy (non-hydrogen) atoms. The number of rotatable bonds is 3. The lowest BCUT2D eigenvalue weighted by Gasteiger charge is -2.09. The minimum absolute atomic E-state index is 0.118. The highest BCUT2D eigenvalue weighted by Gasteiger charge is 2.07. The molecule has 0 aliphatic carbocycles. The zero-order chi connectivity index (χ0) is 14.5. The maximum Gasteiger partial charge on any atom is 0.228 e. The molecule has 4 heteroatoms. The van der Waals surface area contributed by atoms with Gasteiger partial charge < -0.3 is 11.1 Å². The number of nitrogen functional groups attached to an aromatic ring is 1. The van der Waals surface area contributed by atoms with Gasteiger partial charge in [0, 0.05) is 11.4 Å². The van der Waals surface area contributed by atoms with Crippen LogP contribution in [0.5, 0.6) is 0 Å². The summed E-state index contributed by atoms with van der Waals surface area (Å²) < 4.78 is 0. The monoisotopic (exact) mass is 265 g/mol. The largest absolute Gasteiger partial charge is 0.399 e. The van der Waals surface area contributed by atoms with Gasteiger partial charge in [-0.2, -0.15) is 5.26 Å². The molecule has 2 rings (SSSR count). The van der Waals surface area contributed by atoms with Crippen LogP contribution in [0, 0.1) is 18.3 Å². The molecule has 3 N–H and O–H groups in total. The molecule has 0 aliphatic heterocycles. The summed E-state index contributed by atoms with van der Waals surface area (Å²) in [5, 5.41) is 11.7. The second-order valence-corrected chi connectivity index (χ2v) is 4.61. The Morgan fingerprint density at radius 2 is 1.95 bits per heavy atom. The van der Waals surface area contributed by atoms with Crippen molar-refractivity contribution in [1.82, 2.24) is 0 Å². The van der Waals surface area contributed by atoms with E-state index in [0.29, 0.717) is 16.9 Å². The van der Waals surface area contributed by atoms with E-state index in [1.165, 1.54) is 0 Å². The van der Waals surface area contributed by atoms with Crippen LogP contribution in [0.2, 0.25) is 0 Å². The number of carbonyl (C=O) groups is 1. The van der Waals surface area contributed by atoms with Crippen LogP contribution in [0.15, 0.2) is 42.5 Å². The predicted molar refractivity (Wildman–Crippen MR) is 79.1 cm³/mol. The Bertz CT molecular complexity index is 669. The number of hydrogen-bond donors (Lipinski definition) is 2. The van der Waals surface area contributed by atoms with Gasteiger partial charge in [-0.15, -0.1) is 0 Å². The van der Waals surface area contributed by atoms with Crippen molar-refractivity contribution in [3.8, 4) is 6.07 Å². The Labute approximate surface area is 117 Å². The van der Waals surface area contributed by atoms with Gasteiger partial charge in [0.15, 0.2) is 0 Å². The van der Waals surface area contributed by atoms with Crippen molar-refractivity contribution in [2.75, 3.05) is 11.1 Å². The van der Waals surface area contributed by atoms with Crippen molar-refractivity contribution in [2.24, 2.45) is 0 Å². The first-order valence-corrected chi connectivity index (χ1v) is 6.23. The second kappa shape index (κ2) is 5.89. The smallest absolute Gasteiger partial charge is 0.228 e. The van der Waals surface area contributed by atoms with Gasteiger partial charge in [-0.3, -0.25) is 4.79 Å². The molecule has 0 bridgehead atoms. The molecule has 0 aromatic heterocycles. The topological polar surface area (TPSA) is 78.9 Å². The summed E-state index contributed by atoms with van der Waals surface area (Å²) in [5.41, 5.74) is 9.29. The number of benzene rings is 2. The van der Waals surface area contributed by atoms with Crippen molar-refractivity contribution in [3.63, 3.8) is 0 Å². The Kier molecular flexibility index (Phi) is 4.02. The van der Waals surface area contributed by atoms with Crippen molar-refractivity contribution in [1.29, 1.82) is 5.26 Å². The quantitative estimate of drug-likeness (QED) is 0.837. The van der Waals surface area contributed by atoms with Crippen LogP contribution in [0.4, 0.5) is 11.4 Å². The van der Waals surface area contributed by atoms with Crippen LogP contribution in [0.3, 0.4) is 0 Å². The number of anilines is 2. The zero-order valence-corrected chi connectivity index (χ0v) is 11.2. The molecule has 4 nitrogen and oxygen atoms in total. The summed E-state index contributed by atoms with van der Waals surface area (Å²) in [7, 11) is 0. The lowest BCUT2D eigenvalue weighted by Crippen LogP contribution is -2.15. The van der Waals surface area contributed by atoms with Crippen molar-refractivity contribution in [3.05, 3.63) is 59.2 Å². The summed E-state index contributed by atoms with van der Waals surface area (Å²) in [6.45, 7) is 1.89. The number of amides is 1. The lowest BCUT2D eigenvalue weighted by atomic mass is 10.1. The Balaban J connectivity index is 2.08. The fourth-order valence-corrected chi connectivity index (χ4v) is 1.84. The van der Waals surface area contributed by atoms with Crippen molar-refractivity contribution in [2.45, 2.75) is 13.3 Å². The first-order valence-electron chi connectivity index (χ1n) is 6.23. The Morgan fingerprint density at radius 3 is 2.60 bits per heavy atom. The summed E-state index contributed by atoms with van der Waals surface area (Å²) in [6.07, 6.45) is 0.274. The van der Waals surface area contributed by atoms with Crippen molar-refractivity contribution < 1.29 is 4.79 Å². The molecule has 100 valence electrons. The summed E-state index contributed by atoms with van der Waals surface area (Å²) >= 11 is 0. The van der Waals surface area contributed by atoms with Crippen LogP contribution in [0.25, 0.3) is 0 Å². The van der Waals surface area contributed by atoms with E-state index < -0.39 is 0 Å². The van der Waals surface area contributed by atoms with Gasteiger partial charge in [-0.05, 0) is 42.3 Å². The number of nitrogens with one attached hydrogen (secondary N) is 1. The second-order valence-electron chi connectivity index (χ2n) is 4.61. The first kappa shape index (κ1) is 13.6. The molecular weight excluding hydrogens is 250 g/mol. The minimum Gasteiger partial charge on any atom is -0.399 e. The van der Waals surface area contributed by atoms with Gasteiger partial charge in [0.25, 0.3) is 0 Å². The van der Waals surface area contributed by atoms with Crippen LogP contribution in [0.1, 0.15) is 16.7 Å². The Morgan fingerprint density at radius 1 is 1.25 bits per heavy atom. The molecule has 0 saturated carbocycles. The highest BCUT2D eigenvalue weighted by Crippen LogP contribution is 2.17. The number of hydrogen-bond acceptors (Lipinski definition) is 3. The van der Waals surface area contributed by atoms with E-state index in [9.17, 15) is 4.79 Å². The van der Waals surface area contributed by atoms with Crippen LogP contribution in [-0.4, -0.2) is 5.91 Å². The summed E-state index contributed by atoms with van der Waals surface area (Å²) in [4.78, 5) is 12.0. The maximum atomic E-state index is 12.0.